The molecule has 0 spiro atoms. The number of rotatable bonds is 23. The van der Waals surface area contributed by atoms with Gasteiger partial charge in [0.2, 0.25) is 11.7 Å². The molecule has 5 aromatic rings. The number of nitrogens with one attached hydrogen (secondary N) is 4. The molecule has 3 saturated heterocycles. The Bertz CT molecular complexity index is 3430. The number of urea groups is 1. The number of phosphoric ester groups is 2. The summed E-state index contributed by atoms with van der Waals surface area (Å²) < 4.78 is 105. The number of aliphatic hydroxyl groups excluding tert-OH is 3. The fourth-order valence-corrected chi connectivity index (χ4v) is 14.2. The van der Waals surface area contributed by atoms with Crippen LogP contribution in [-0.4, -0.2) is 168 Å². The molecule has 42 heteroatoms. The molecule has 79 heavy (non-hydrogen) atoms. The van der Waals surface area contributed by atoms with Crippen molar-refractivity contribution in [3.05, 3.63) is 62.4 Å². The lowest BCUT2D eigenvalue weighted by molar-refractivity contribution is -0.745. The number of ether oxygens (including phenoxy) is 4. The van der Waals surface area contributed by atoms with Gasteiger partial charge >= 0.3 is 40.8 Å². The first-order valence-electron chi connectivity index (χ1n) is 23.4. The van der Waals surface area contributed by atoms with Gasteiger partial charge in [-0.05, 0) is 6.42 Å². The van der Waals surface area contributed by atoms with Crippen molar-refractivity contribution in [3.8, 4) is 0 Å². The van der Waals surface area contributed by atoms with E-state index in [4.69, 9.17) is 44.0 Å². The number of aliphatic hydroxyl groups is 3. The lowest BCUT2D eigenvalue weighted by atomic mass is 9.98. The summed E-state index contributed by atoms with van der Waals surface area (Å²) >= 11 is 0. The van der Waals surface area contributed by atoms with E-state index in [1.165, 1.54) is 22.5 Å². The van der Waals surface area contributed by atoms with Crippen LogP contribution in [0.15, 0.2) is 45.6 Å². The third kappa shape index (κ3) is 13.1. The second-order valence-corrected chi connectivity index (χ2v) is 24.4. The number of amides is 2. The summed E-state index contributed by atoms with van der Waals surface area (Å²) in [5.41, 5.74) is 6.98. The molecule has 3 aliphatic rings. The monoisotopic (exact) mass is 1200 g/mol. The fraction of sp³-hybridized carbons (Fsp3) is 0.595. The molecule has 5 aromatic heterocycles. The second-order valence-electron chi connectivity index (χ2n) is 17.9. The molecule has 0 aromatic carbocycles. The molecule has 0 radical (unpaired) electrons. The van der Waals surface area contributed by atoms with Gasteiger partial charge in [0.1, 0.15) is 50.0 Å². The van der Waals surface area contributed by atoms with Crippen LogP contribution in [0.25, 0.3) is 22.3 Å². The summed E-state index contributed by atoms with van der Waals surface area (Å²) in [5.74, 6) is -1.62. The standard InChI is InChI=1S/C37H54N14O24P4/c1-4-5-7-40-36(57)41-9-16-17(71-32(23(16)53)51-15-48(2)22-30(51)46-35(39)47-31(22)56)10-69-77(61,62)74-79(65,66)75-78(63,64)70-12-19-27(26(67-3)34(73-19)50-14-44-21-28(38)42-13-43-29(21)50)76(59,60)68-11-18-24(54)25(55)33(72-18)49-8-6-20(52)45-37(49)58/h6,8,13-19,23-27,32-34,53-55H,4-5,7,9-12H2,1-3H3,(H11-,38,39,40,41,42,43,45,46,47,52,56,57,58,59,60,61,62,63,64,65,66)/t16-,17-,18-,19-,23-,24-,25-,26-,27-,32-,33-,34-/m1/s1. The molecular formula is C37H54N14O24P4. The van der Waals surface area contributed by atoms with Crippen LogP contribution in [0.2, 0.25) is 0 Å². The van der Waals surface area contributed by atoms with Crippen molar-refractivity contribution < 1.29 is 104 Å². The SMILES string of the molecule is CCCCNC(=O)NC[C@H]1[C@@H](O)[C@H]([n+]2cn(C)c3c(=O)[nH]c(N)nc32)O[C@@H]1COP(=O)(O)OP(=O)(O)OP(=O)(O)OC[C@H]1O[C@@H](n2cnc3c(N)ncnc32)[C@H](OC)[C@@H]1P(=O)([O-])OC[C@H]1O[C@@H](n2ccc(=O)[nH]c2=O)[C@H](O)[C@@H]1O. The van der Waals surface area contributed by atoms with Crippen molar-refractivity contribution >= 4 is 71.2 Å². The molecule has 8 heterocycles. The van der Waals surface area contributed by atoms with Gasteiger partial charge in [0.05, 0.1) is 51.1 Å². The van der Waals surface area contributed by atoms with Gasteiger partial charge < -0.3 is 85.0 Å². The zero-order chi connectivity index (χ0) is 57.5. The molecule has 38 nitrogen and oxygen atoms in total. The van der Waals surface area contributed by atoms with E-state index in [2.05, 4.69) is 44.2 Å². The Morgan fingerprint density at radius 1 is 0.861 bits per heavy atom. The van der Waals surface area contributed by atoms with Crippen LogP contribution in [0.3, 0.4) is 0 Å². The van der Waals surface area contributed by atoms with E-state index >= 15 is 0 Å². The Hall–Kier alpha value is -5.27. The number of aromatic nitrogens is 10. The summed E-state index contributed by atoms with van der Waals surface area (Å²) in [6.07, 6.45) is -11.1. The van der Waals surface area contributed by atoms with Crippen LogP contribution >= 0.6 is 31.1 Å². The van der Waals surface area contributed by atoms with Crippen LogP contribution in [-0.2, 0) is 66.4 Å². The molecule has 2 amide bonds. The highest BCUT2D eigenvalue weighted by molar-refractivity contribution is 7.66. The third-order valence-electron chi connectivity index (χ3n) is 12.6. The molecule has 16 atom stereocenters. The zero-order valence-corrected chi connectivity index (χ0v) is 44.9. The van der Waals surface area contributed by atoms with Crippen molar-refractivity contribution in [3.63, 3.8) is 0 Å². The number of imidazole rings is 2. The van der Waals surface area contributed by atoms with Gasteiger partial charge in [0.25, 0.3) is 17.1 Å². The number of nitrogens with two attached hydrogens (primary N) is 2. The number of carbonyl (C=O) groups excluding carboxylic acids is 1. The molecule has 3 fully saturated rings. The Morgan fingerprint density at radius 2 is 1.53 bits per heavy atom. The first kappa shape index (κ1) is 59.8. The van der Waals surface area contributed by atoms with Gasteiger partial charge in [0.15, 0.2) is 30.2 Å². The maximum atomic E-state index is 14.2. The van der Waals surface area contributed by atoms with Crippen molar-refractivity contribution in [1.29, 1.82) is 0 Å². The Kier molecular flexibility index (Phi) is 17.9. The number of anilines is 2. The van der Waals surface area contributed by atoms with Crippen LogP contribution in [0.4, 0.5) is 16.6 Å². The smallest absolute Gasteiger partial charge is 0.490 e. The van der Waals surface area contributed by atoms with Crippen LogP contribution < -0.4 is 48.4 Å². The summed E-state index contributed by atoms with van der Waals surface area (Å²) in [7, 11) is -21.3. The predicted molar refractivity (Wildman–Crippen MR) is 258 cm³/mol. The average molecular weight is 1200 g/mol. The number of hydrogen-bond donors (Lipinski definition) is 12. The Morgan fingerprint density at radius 3 is 2.20 bits per heavy atom. The van der Waals surface area contributed by atoms with Crippen LogP contribution in [0.1, 0.15) is 38.4 Å². The predicted octanol–water partition coefficient (Wildman–Crippen LogP) is -4.08. The van der Waals surface area contributed by atoms with E-state index in [1.54, 1.807) is 0 Å². The Labute approximate surface area is 441 Å². The normalized spacial score (nSPS) is 29.3. The highest BCUT2D eigenvalue weighted by Gasteiger charge is 2.55. The van der Waals surface area contributed by atoms with Crippen LogP contribution in [0, 0.1) is 5.92 Å². The minimum Gasteiger partial charge on any atom is -0.778 e. The van der Waals surface area contributed by atoms with Crippen molar-refractivity contribution in [2.24, 2.45) is 13.0 Å². The first-order chi connectivity index (χ1) is 37.1. The number of nitrogens with zero attached hydrogens (tertiary/aromatic N) is 8. The van der Waals surface area contributed by atoms with Gasteiger partial charge in [0, 0.05) is 38.4 Å². The topological polar surface area (TPSA) is 542 Å². The second kappa shape index (κ2) is 23.7. The van der Waals surface area contributed by atoms with E-state index in [9.17, 15) is 72.3 Å². The number of aromatic amines is 2. The number of phosphoric acid groups is 3. The van der Waals surface area contributed by atoms with Crippen LogP contribution in [0.5, 0.6) is 0 Å². The molecule has 0 saturated carbocycles. The van der Waals surface area contributed by atoms with Crippen molar-refractivity contribution in [2.75, 3.05) is 51.5 Å². The number of fused-ring (bicyclic) bond motifs is 2. The minimum atomic E-state index is -6.27. The summed E-state index contributed by atoms with van der Waals surface area (Å²) in [6.45, 7) is -1.69. The number of carbonyl (C=O) groups is 1. The maximum absolute atomic E-state index is 14.2. The van der Waals surface area contributed by atoms with Crippen molar-refractivity contribution in [2.45, 2.75) is 86.8 Å². The minimum absolute atomic E-state index is 0.00917. The van der Waals surface area contributed by atoms with Gasteiger partial charge in [-0.15, -0.1) is 0 Å². The highest BCUT2D eigenvalue weighted by atomic mass is 31.3. The van der Waals surface area contributed by atoms with Gasteiger partial charge in [-0.3, -0.25) is 42.3 Å². The fourth-order valence-electron chi connectivity index (χ4n) is 8.96. The Balaban J connectivity index is 0.963. The molecular weight excluding hydrogens is 1150 g/mol. The quantitative estimate of drug-likeness (QED) is 0.0168. The van der Waals surface area contributed by atoms with Gasteiger partial charge in [-0.2, -0.15) is 8.62 Å². The molecule has 0 bridgehead atoms. The summed E-state index contributed by atoms with van der Waals surface area (Å²) in [5, 5.41) is 38.2. The van der Waals surface area contributed by atoms with E-state index in [0.717, 1.165) is 43.0 Å². The van der Waals surface area contributed by atoms with E-state index < -0.39 is 147 Å². The molecule has 0 aliphatic carbocycles. The first-order valence-corrected chi connectivity index (χ1v) is 29.5. The maximum Gasteiger partial charge on any atom is 0.490 e. The lowest BCUT2D eigenvalue weighted by Gasteiger charge is -2.35. The zero-order valence-electron chi connectivity index (χ0n) is 41.3. The van der Waals surface area contributed by atoms with E-state index in [0.29, 0.717) is 11.0 Å². The molecule has 8 rings (SSSR count). The third-order valence-corrected chi connectivity index (χ3v) is 18.7. The number of unbranched alkanes of at least 4 members (excludes halogenated alkanes) is 1. The average Bonchev–Trinajstić information content (AvgIpc) is 4.40. The molecule has 3 aliphatic heterocycles. The molecule has 4 unspecified atom stereocenters. The van der Waals surface area contributed by atoms with Gasteiger partial charge in [-0.25, -0.2) is 42.8 Å². The van der Waals surface area contributed by atoms with Crippen molar-refractivity contribution in [1.82, 2.24) is 54.2 Å². The summed E-state index contributed by atoms with van der Waals surface area (Å²) in [6, 6.07) is 0.247. The molecule has 436 valence electrons. The number of methoxy groups -OCH3 is 1. The summed E-state index contributed by atoms with van der Waals surface area (Å²) in [4.78, 5) is 116. The van der Waals surface area contributed by atoms with Gasteiger partial charge in [-0.1, -0.05) is 18.3 Å². The molecule has 14 N–H and O–H groups in total. The number of nitrogen functional groups attached to an aromatic ring is 2. The highest BCUT2D eigenvalue weighted by Crippen LogP contribution is 2.68. The van der Waals surface area contributed by atoms with E-state index in [1.807, 2.05) is 11.9 Å². The largest absolute Gasteiger partial charge is 0.778 e. The lowest BCUT2D eigenvalue weighted by Crippen LogP contribution is -2.47. The number of aryl methyl sites for hydroxylation is 1. The number of hydrogen-bond acceptors (Lipinski definition) is 27. The number of H-pyrrole nitrogens is 2. The van der Waals surface area contributed by atoms with E-state index in [-0.39, 0.29) is 47.2 Å².